The highest BCUT2D eigenvalue weighted by Crippen LogP contribution is 2.44. The van der Waals surface area contributed by atoms with E-state index < -0.39 is 0 Å². The molecule has 14 aromatic rings. The Morgan fingerprint density at radius 3 is 1.08 bits per heavy atom. The summed E-state index contributed by atoms with van der Waals surface area (Å²) < 4.78 is 9.87. The van der Waals surface area contributed by atoms with Crippen molar-refractivity contribution < 1.29 is 0 Å². The lowest BCUT2D eigenvalue weighted by Crippen LogP contribution is -2.00. The normalized spacial score (nSPS) is 12.1. The van der Waals surface area contributed by atoms with Crippen LogP contribution in [0.15, 0.2) is 231 Å². The monoisotopic (exact) mass is 814 g/mol. The first-order valence-electron chi connectivity index (χ1n) is 22.0. The molecule has 0 N–H and O–H groups in total. The van der Waals surface area contributed by atoms with E-state index in [9.17, 15) is 0 Å². The minimum Gasteiger partial charge on any atom is -0.309 e. The molecule has 4 aromatic heterocycles. The Labute approximate surface area is 368 Å². The first-order chi connectivity index (χ1) is 31.8. The van der Waals surface area contributed by atoms with E-state index in [1.807, 2.05) is 0 Å². The molecule has 4 heteroatoms. The summed E-state index contributed by atoms with van der Waals surface area (Å²) in [5, 5.41) is 9.87. The van der Waals surface area contributed by atoms with Crippen LogP contribution in [-0.4, -0.2) is 18.3 Å². The van der Waals surface area contributed by atoms with E-state index in [1.54, 1.807) is 0 Å². The van der Waals surface area contributed by atoms with Crippen LogP contribution in [0.4, 0.5) is 0 Å². The van der Waals surface area contributed by atoms with Gasteiger partial charge in [-0.25, -0.2) is 0 Å². The molecule has 0 fully saturated rings. The summed E-state index contributed by atoms with van der Waals surface area (Å²) in [6.07, 6.45) is 0. The number of hydrogen-bond donors (Lipinski definition) is 0. The minimum atomic E-state index is 1.11. The molecule has 0 aliphatic heterocycles. The van der Waals surface area contributed by atoms with Crippen molar-refractivity contribution in [3.63, 3.8) is 0 Å². The zero-order valence-electron chi connectivity index (χ0n) is 34.7. The fraction of sp³-hybridized carbons (Fsp3) is 0. The van der Waals surface area contributed by atoms with Crippen LogP contribution in [0.3, 0.4) is 0 Å². The lowest BCUT2D eigenvalue weighted by atomic mass is 10.1. The van der Waals surface area contributed by atoms with E-state index in [4.69, 9.17) is 0 Å². The van der Waals surface area contributed by atoms with Gasteiger partial charge in [0.15, 0.2) is 0 Å². The first-order valence-corrected chi connectivity index (χ1v) is 22.0. The molecule has 64 heavy (non-hydrogen) atoms. The van der Waals surface area contributed by atoms with Crippen LogP contribution in [0, 0.1) is 0 Å². The maximum absolute atomic E-state index is 2.50. The highest BCUT2D eigenvalue weighted by Gasteiger charge is 2.23. The van der Waals surface area contributed by atoms with Gasteiger partial charge in [-0.3, -0.25) is 0 Å². The third-order valence-corrected chi connectivity index (χ3v) is 13.5. The van der Waals surface area contributed by atoms with Crippen LogP contribution in [0.1, 0.15) is 0 Å². The topological polar surface area (TPSA) is 19.7 Å². The first kappa shape index (κ1) is 35.0. The number of nitrogens with zero attached hydrogens (tertiary/aromatic N) is 4. The molecule has 0 radical (unpaired) electrons. The van der Waals surface area contributed by atoms with Gasteiger partial charge in [-0.15, -0.1) is 0 Å². The van der Waals surface area contributed by atoms with Crippen LogP contribution in [0.5, 0.6) is 0 Å². The molecule has 0 unspecified atom stereocenters. The summed E-state index contributed by atoms with van der Waals surface area (Å²) >= 11 is 0. The van der Waals surface area contributed by atoms with Gasteiger partial charge in [0, 0.05) is 65.8 Å². The van der Waals surface area contributed by atoms with Gasteiger partial charge in [-0.1, -0.05) is 152 Å². The molecule has 14 rings (SSSR count). The maximum atomic E-state index is 2.50. The highest BCUT2D eigenvalue weighted by molar-refractivity contribution is 6.24. The number of para-hydroxylation sites is 5. The fourth-order valence-electron chi connectivity index (χ4n) is 10.8. The molecule has 0 spiro atoms. The zero-order chi connectivity index (χ0) is 41.9. The summed E-state index contributed by atoms with van der Waals surface area (Å²) in [5.74, 6) is 0. The maximum Gasteiger partial charge on any atom is 0.0788 e. The second-order valence-corrected chi connectivity index (χ2v) is 16.9. The molecule has 0 bridgehead atoms. The largest absolute Gasteiger partial charge is 0.309 e. The number of rotatable bonds is 5. The Kier molecular flexibility index (Phi) is 7.36. The van der Waals surface area contributed by atoms with Gasteiger partial charge in [-0.2, -0.15) is 0 Å². The second-order valence-electron chi connectivity index (χ2n) is 16.9. The van der Waals surface area contributed by atoms with Gasteiger partial charge in [0.05, 0.1) is 44.1 Å². The van der Waals surface area contributed by atoms with Crippen molar-refractivity contribution in [1.29, 1.82) is 0 Å². The van der Waals surface area contributed by atoms with Gasteiger partial charge in [-0.05, 0) is 90.0 Å². The Morgan fingerprint density at radius 2 is 0.547 bits per heavy atom. The van der Waals surface area contributed by atoms with E-state index in [0.29, 0.717) is 0 Å². The van der Waals surface area contributed by atoms with E-state index in [2.05, 4.69) is 249 Å². The molecule has 10 aromatic carbocycles. The average molecular weight is 815 g/mol. The van der Waals surface area contributed by atoms with Crippen molar-refractivity contribution in [2.45, 2.75) is 0 Å². The fourth-order valence-corrected chi connectivity index (χ4v) is 10.8. The zero-order valence-corrected chi connectivity index (χ0v) is 34.7. The van der Waals surface area contributed by atoms with Gasteiger partial charge in [0.2, 0.25) is 0 Å². The molecular formula is C60H38N4. The molecule has 0 saturated carbocycles. The summed E-state index contributed by atoms with van der Waals surface area (Å²) in [6, 6.07) is 84.5. The van der Waals surface area contributed by atoms with Gasteiger partial charge >= 0.3 is 0 Å². The molecule has 0 saturated heterocycles. The van der Waals surface area contributed by atoms with E-state index in [0.717, 1.165) is 22.7 Å². The number of benzene rings is 10. The third-order valence-electron chi connectivity index (χ3n) is 13.5. The second kappa shape index (κ2) is 13.4. The molecule has 4 nitrogen and oxygen atoms in total. The van der Waals surface area contributed by atoms with Crippen LogP contribution in [0.25, 0.3) is 121 Å². The SMILES string of the molecule is c1ccc(-c2cccc(-n3c4ccccc4c4cc5c(cc43)c3ccccc3n5-c3cccc(-n4c5ccccc5c5ccc6c7ccccc7n(-c7ccccc7)c6c54)c3)c2)cc1. The molecular weight excluding hydrogens is 777 g/mol. The Balaban J connectivity index is 1.04. The predicted octanol–water partition coefficient (Wildman–Crippen LogP) is 15.7. The van der Waals surface area contributed by atoms with Crippen molar-refractivity contribution in [2.75, 3.05) is 0 Å². The quantitative estimate of drug-likeness (QED) is 0.165. The highest BCUT2D eigenvalue weighted by atomic mass is 15.1. The van der Waals surface area contributed by atoms with Crippen molar-refractivity contribution in [3.05, 3.63) is 231 Å². The summed E-state index contributed by atoms with van der Waals surface area (Å²) in [5.41, 5.74) is 16.5. The van der Waals surface area contributed by atoms with Crippen molar-refractivity contribution >= 4 is 87.2 Å². The van der Waals surface area contributed by atoms with E-state index in [1.165, 1.54) is 98.4 Å². The summed E-state index contributed by atoms with van der Waals surface area (Å²) in [7, 11) is 0. The van der Waals surface area contributed by atoms with Crippen LogP contribution >= 0.6 is 0 Å². The number of fused-ring (bicyclic) bond motifs is 13. The van der Waals surface area contributed by atoms with Gasteiger partial charge < -0.3 is 18.3 Å². The van der Waals surface area contributed by atoms with Crippen molar-refractivity contribution in [2.24, 2.45) is 0 Å². The van der Waals surface area contributed by atoms with Gasteiger partial charge in [0.1, 0.15) is 0 Å². The predicted molar refractivity (Wildman–Crippen MR) is 269 cm³/mol. The van der Waals surface area contributed by atoms with Crippen LogP contribution in [-0.2, 0) is 0 Å². The smallest absolute Gasteiger partial charge is 0.0788 e. The van der Waals surface area contributed by atoms with Gasteiger partial charge in [0.25, 0.3) is 0 Å². The lowest BCUT2D eigenvalue weighted by Gasteiger charge is -2.15. The van der Waals surface area contributed by atoms with E-state index >= 15 is 0 Å². The molecule has 0 atom stereocenters. The standard InChI is InChI=1S/C60H38N4/c1-3-17-39(18-4-1)40-19-15-22-42(35-40)61-53-29-11-9-27-47(53)51-38-58-52(37-57(51)61)48-28-10-12-30-54(48)62(58)43-23-16-24-44(36-43)64-56-32-14-8-26-46(56)50-34-33-49-45-25-7-13-31-55(45)63(59(49)60(50)64)41-20-5-2-6-21-41/h1-38H. The Hall–Kier alpha value is -8.60. The lowest BCUT2D eigenvalue weighted by molar-refractivity contribution is 1.13. The number of aromatic nitrogens is 4. The third kappa shape index (κ3) is 4.93. The Bertz CT molecular complexity index is 4180. The molecule has 0 aliphatic rings. The molecule has 298 valence electrons. The minimum absolute atomic E-state index is 1.11. The molecule has 4 heterocycles. The average Bonchev–Trinajstić information content (AvgIpc) is 4.09. The summed E-state index contributed by atoms with van der Waals surface area (Å²) in [6.45, 7) is 0. The summed E-state index contributed by atoms with van der Waals surface area (Å²) in [4.78, 5) is 0. The Morgan fingerprint density at radius 1 is 0.188 bits per heavy atom. The molecule has 0 aliphatic carbocycles. The molecule has 0 amide bonds. The van der Waals surface area contributed by atoms with Crippen LogP contribution in [0.2, 0.25) is 0 Å². The van der Waals surface area contributed by atoms with Crippen molar-refractivity contribution in [1.82, 2.24) is 18.3 Å². The van der Waals surface area contributed by atoms with E-state index in [-0.39, 0.29) is 0 Å². The number of hydrogen-bond acceptors (Lipinski definition) is 0. The van der Waals surface area contributed by atoms with Crippen LogP contribution < -0.4 is 0 Å². The van der Waals surface area contributed by atoms with Crippen molar-refractivity contribution in [3.8, 4) is 33.9 Å².